The van der Waals surface area contributed by atoms with Crippen molar-refractivity contribution in [2.24, 2.45) is 0 Å². The Morgan fingerprint density at radius 3 is 2.62 bits per heavy atom. The average molecular weight is 187 g/mol. The lowest BCUT2D eigenvalue weighted by atomic mass is 10.3. The van der Waals surface area contributed by atoms with E-state index in [1.54, 1.807) is 6.92 Å². The molecule has 0 saturated heterocycles. The largest absolute Gasteiger partial charge is 0.465 e. The highest BCUT2D eigenvalue weighted by molar-refractivity contribution is 5.95. The Labute approximate surface area is 78.7 Å². The molecule has 0 bridgehead atoms. The van der Waals surface area contributed by atoms with Crippen LogP contribution in [0.25, 0.3) is 0 Å². The third-order valence-corrected chi connectivity index (χ3v) is 1.31. The Bertz CT molecular complexity index is 168. The molecule has 4 heteroatoms. The van der Waals surface area contributed by atoms with Crippen molar-refractivity contribution in [1.82, 2.24) is 0 Å². The lowest BCUT2D eigenvalue weighted by Gasteiger charge is -2.03. The van der Waals surface area contributed by atoms with Crippen LogP contribution < -0.4 is 0 Å². The predicted octanol–water partition coefficient (Wildman–Crippen LogP) is 1.39. The predicted molar refractivity (Wildman–Crippen MR) is 50.1 cm³/mol. The van der Waals surface area contributed by atoms with Gasteiger partial charge in [0.25, 0.3) is 0 Å². The molecule has 0 aromatic heterocycles. The van der Waals surface area contributed by atoms with Gasteiger partial charge in [-0.1, -0.05) is 0 Å². The molecule has 1 N–H and O–H groups in total. The highest BCUT2D eigenvalue weighted by Crippen LogP contribution is 1.91. The Morgan fingerprint density at radius 1 is 1.38 bits per heavy atom. The van der Waals surface area contributed by atoms with Gasteiger partial charge >= 0.3 is 5.97 Å². The zero-order valence-corrected chi connectivity index (χ0v) is 8.26. The van der Waals surface area contributed by atoms with E-state index in [1.165, 1.54) is 0 Å². The van der Waals surface area contributed by atoms with E-state index in [4.69, 9.17) is 14.9 Å². The van der Waals surface area contributed by atoms with Gasteiger partial charge < -0.3 is 14.9 Å². The SMILES string of the molecule is CCOCCCOC(=O)CC(C)=N. The molecule has 13 heavy (non-hydrogen) atoms. The number of nitrogens with one attached hydrogen (secondary N) is 1. The standard InChI is InChI=1S/C9H17NO3/c1-3-12-5-4-6-13-9(11)7-8(2)10/h10H,3-7H2,1-2H3. The van der Waals surface area contributed by atoms with Crippen molar-refractivity contribution in [3.05, 3.63) is 0 Å². The first-order chi connectivity index (χ1) is 6.16. The number of hydrogen-bond donors (Lipinski definition) is 1. The lowest BCUT2D eigenvalue weighted by molar-refractivity contribution is -0.142. The van der Waals surface area contributed by atoms with Crippen LogP contribution in [0, 0.1) is 5.41 Å². The van der Waals surface area contributed by atoms with Gasteiger partial charge in [0.1, 0.15) is 0 Å². The summed E-state index contributed by atoms with van der Waals surface area (Å²) in [7, 11) is 0. The Morgan fingerprint density at radius 2 is 2.08 bits per heavy atom. The lowest BCUT2D eigenvalue weighted by Crippen LogP contribution is -2.10. The van der Waals surface area contributed by atoms with Crippen molar-refractivity contribution in [1.29, 1.82) is 5.41 Å². The molecule has 4 nitrogen and oxygen atoms in total. The maximum absolute atomic E-state index is 10.9. The minimum absolute atomic E-state index is 0.0919. The molecule has 0 heterocycles. The third kappa shape index (κ3) is 9.01. The second-order valence-corrected chi connectivity index (χ2v) is 2.73. The maximum Gasteiger partial charge on any atom is 0.311 e. The molecule has 0 atom stereocenters. The molecular weight excluding hydrogens is 170 g/mol. The first kappa shape index (κ1) is 12.1. The summed E-state index contributed by atoms with van der Waals surface area (Å²) in [5.74, 6) is -0.330. The van der Waals surface area contributed by atoms with Gasteiger partial charge in [0.05, 0.1) is 13.0 Å². The van der Waals surface area contributed by atoms with Gasteiger partial charge in [0.15, 0.2) is 0 Å². The van der Waals surface area contributed by atoms with Gasteiger partial charge in [0.2, 0.25) is 0 Å². The summed E-state index contributed by atoms with van der Waals surface area (Å²) in [6, 6.07) is 0. The van der Waals surface area contributed by atoms with Crippen LogP contribution >= 0.6 is 0 Å². The summed E-state index contributed by atoms with van der Waals surface area (Å²) in [6.07, 6.45) is 0.811. The molecule has 76 valence electrons. The Balaban J connectivity index is 3.22. The van der Waals surface area contributed by atoms with Gasteiger partial charge in [-0.3, -0.25) is 4.79 Å². The van der Waals surface area contributed by atoms with Gasteiger partial charge in [-0.25, -0.2) is 0 Å². The number of ether oxygens (including phenoxy) is 2. The van der Waals surface area contributed by atoms with Crippen LogP contribution in [-0.2, 0) is 14.3 Å². The molecule has 0 aromatic rings. The molecule has 0 aliphatic carbocycles. The first-order valence-corrected chi connectivity index (χ1v) is 4.44. The zero-order chi connectivity index (χ0) is 10.1. The summed E-state index contributed by atoms with van der Waals surface area (Å²) >= 11 is 0. The van der Waals surface area contributed by atoms with Crippen molar-refractivity contribution in [3.63, 3.8) is 0 Å². The van der Waals surface area contributed by atoms with Gasteiger partial charge in [0, 0.05) is 25.3 Å². The summed E-state index contributed by atoms with van der Waals surface area (Å²) in [6.45, 7) is 5.19. The number of rotatable bonds is 7. The van der Waals surface area contributed by atoms with Crippen molar-refractivity contribution in [2.45, 2.75) is 26.7 Å². The number of carbonyl (C=O) groups excluding carboxylic acids is 1. The van der Waals surface area contributed by atoms with E-state index in [0.29, 0.717) is 25.5 Å². The molecular formula is C9H17NO3. The molecule has 0 aliphatic rings. The number of carbonyl (C=O) groups is 1. The van der Waals surface area contributed by atoms with E-state index in [-0.39, 0.29) is 12.4 Å². The quantitative estimate of drug-likeness (QED) is 0.372. The van der Waals surface area contributed by atoms with E-state index < -0.39 is 0 Å². The van der Waals surface area contributed by atoms with Gasteiger partial charge in [-0.2, -0.15) is 0 Å². The van der Waals surface area contributed by atoms with E-state index in [0.717, 1.165) is 6.42 Å². The highest BCUT2D eigenvalue weighted by atomic mass is 16.5. The highest BCUT2D eigenvalue weighted by Gasteiger charge is 2.02. The van der Waals surface area contributed by atoms with E-state index in [9.17, 15) is 4.79 Å². The van der Waals surface area contributed by atoms with E-state index in [2.05, 4.69) is 0 Å². The summed E-state index contributed by atoms with van der Waals surface area (Å²) in [5, 5.41) is 7.05. The van der Waals surface area contributed by atoms with Crippen LogP contribution in [0.15, 0.2) is 0 Å². The molecule has 0 spiro atoms. The van der Waals surface area contributed by atoms with E-state index in [1.807, 2.05) is 6.92 Å². The fourth-order valence-corrected chi connectivity index (χ4v) is 0.759. The minimum Gasteiger partial charge on any atom is -0.465 e. The molecule has 0 amide bonds. The molecule has 0 fully saturated rings. The Kier molecular flexibility index (Phi) is 7.20. The molecule has 0 unspecified atom stereocenters. The average Bonchev–Trinajstić information content (AvgIpc) is 2.02. The zero-order valence-electron chi connectivity index (χ0n) is 8.26. The van der Waals surface area contributed by atoms with Crippen molar-refractivity contribution >= 4 is 11.7 Å². The molecule has 0 saturated carbocycles. The van der Waals surface area contributed by atoms with Crippen LogP contribution in [-0.4, -0.2) is 31.5 Å². The maximum atomic E-state index is 10.9. The van der Waals surface area contributed by atoms with Crippen LogP contribution in [0.1, 0.15) is 26.7 Å². The molecule has 0 aromatic carbocycles. The minimum atomic E-state index is -0.330. The van der Waals surface area contributed by atoms with Crippen LogP contribution in [0.5, 0.6) is 0 Å². The smallest absolute Gasteiger partial charge is 0.311 e. The second-order valence-electron chi connectivity index (χ2n) is 2.73. The fraction of sp³-hybridized carbons (Fsp3) is 0.778. The van der Waals surface area contributed by atoms with Crippen LogP contribution in [0.2, 0.25) is 0 Å². The van der Waals surface area contributed by atoms with Crippen molar-refractivity contribution in [3.8, 4) is 0 Å². The van der Waals surface area contributed by atoms with Crippen molar-refractivity contribution in [2.75, 3.05) is 19.8 Å². The monoisotopic (exact) mass is 187 g/mol. The summed E-state index contributed by atoms with van der Waals surface area (Å²) in [4.78, 5) is 10.9. The molecule has 0 rings (SSSR count). The van der Waals surface area contributed by atoms with Crippen LogP contribution in [0.4, 0.5) is 0 Å². The van der Waals surface area contributed by atoms with E-state index >= 15 is 0 Å². The topological polar surface area (TPSA) is 59.4 Å². The fourth-order valence-electron chi connectivity index (χ4n) is 0.759. The summed E-state index contributed by atoms with van der Waals surface area (Å²) < 4.78 is 9.90. The van der Waals surface area contributed by atoms with Crippen LogP contribution in [0.3, 0.4) is 0 Å². The third-order valence-electron chi connectivity index (χ3n) is 1.31. The van der Waals surface area contributed by atoms with Gasteiger partial charge in [-0.05, 0) is 13.8 Å². The summed E-state index contributed by atoms with van der Waals surface area (Å²) in [5.41, 5.74) is 0.329. The number of hydrogen-bond acceptors (Lipinski definition) is 4. The second kappa shape index (κ2) is 7.73. The normalized spacial score (nSPS) is 9.69. The van der Waals surface area contributed by atoms with Crippen molar-refractivity contribution < 1.29 is 14.3 Å². The first-order valence-electron chi connectivity index (χ1n) is 4.44. The molecule has 0 aliphatic heterocycles. The Hall–Kier alpha value is -0.900. The molecule has 0 radical (unpaired) electrons. The number of esters is 1. The van der Waals surface area contributed by atoms with Gasteiger partial charge in [-0.15, -0.1) is 0 Å².